The topological polar surface area (TPSA) is 67.9 Å². The maximum absolute atomic E-state index is 13.5. The van der Waals surface area contributed by atoms with Gasteiger partial charge in [0.15, 0.2) is 0 Å². The Bertz CT molecular complexity index is 1290. The summed E-state index contributed by atoms with van der Waals surface area (Å²) in [6, 6.07) is 18.6. The highest BCUT2D eigenvalue weighted by atomic mass is 19.4. The lowest BCUT2D eigenvalue weighted by molar-refractivity contribution is -0.274. The van der Waals surface area contributed by atoms with Gasteiger partial charge in [0, 0.05) is 11.8 Å². The molecule has 1 N–H and O–H groups in total. The summed E-state index contributed by atoms with van der Waals surface area (Å²) in [4.78, 5) is 28.0. The van der Waals surface area contributed by atoms with Crippen LogP contribution in [0.5, 0.6) is 11.5 Å². The quantitative estimate of drug-likeness (QED) is 0.498. The predicted molar refractivity (Wildman–Crippen MR) is 120 cm³/mol. The van der Waals surface area contributed by atoms with E-state index in [9.17, 15) is 22.8 Å². The Labute approximate surface area is 193 Å². The number of ether oxygens (including phenoxy) is 2. The first kappa shape index (κ1) is 22.9. The number of methoxy groups -OCH3 is 1. The molecule has 9 heteroatoms. The lowest BCUT2D eigenvalue weighted by Crippen LogP contribution is -2.32. The summed E-state index contributed by atoms with van der Waals surface area (Å²) in [5.74, 6) is -1.41. The molecule has 0 saturated carbocycles. The Morgan fingerprint density at radius 1 is 0.882 bits per heavy atom. The number of aryl methyl sites for hydroxylation is 1. The molecule has 4 rings (SSSR count). The number of alkyl halides is 3. The van der Waals surface area contributed by atoms with E-state index >= 15 is 0 Å². The zero-order chi connectivity index (χ0) is 24.5. The molecule has 1 aliphatic heterocycles. The van der Waals surface area contributed by atoms with Gasteiger partial charge < -0.3 is 14.8 Å². The van der Waals surface area contributed by atoms with Crippen LogP contribution < -0.4 is 19.7 Å². The smallest absolute Gasteiger partial charge is 0.495 e. The van der Waals surface area contributed by atoms with E-state index in [0.717, 1.165) is 22.6 Å². The summed E-state index contributed by atoms with van der Waals surface area (Å²) in [5, 5.41) is 2.83. The normalized spacial score (nSPS) is 14.0. The molecular formula is C25H19F3N2O4. The summed E-state index contributed by atoms with van der Waals surface area (Å²) in [6.07, 6.45) is -4.87. The van der Waals surface area contributed by atoms with Crippen LogP contribution in [0.1, 0.15) is 11.1 Å². The number of carbonyl (C=O) groups excluding carboxylic acids is 2. The monoisotopic (exact) mass is 468 g/mol. The van der Waals surface area contributed by atoms with Crippen LogP contribution in [0.15, 0.2) is 78.5 Å². The second-order valence-corrected chi connectivity index (χ2v) is 7.44. The Morgan fingerprint density at radius 3 is 2.29 bits per heavy atom. The predicted octanol–water partition coefficient (Wildman–Crippen LogP) is 5.30. The summed E-state index contributed by atoms with van der Waals surface area (Å²) >= 11 is 0. The van der Waals surface area contributed by atoms with Crippen molar-refractivity contribution in [3.8, 4) is 11.5 Å². The van der Waals surface area contributed by atoms with Gasteiger partial charge in [0.2, 0.25) is 0 Å². The maximum atomic E-state index is 13.5. The lowest BCUT2D eigenvalue weighted by atomic mass is 10.0. The average Bonchev–Trinajstić information content (AvgIpc) is 3.02. The van der Waals surface area contributed by atoms with E-state index in [0.29, 0.717) is 11.3 Å². The van der Waals surface area contributed by atoms with Crippen molar-refractivity contribution < 1.29 is 32.2 Å². The molecule has 0 bridgehead atoms. The maximum Gasteiger partial charge on any atom is 0.573 e. The van der Waals surface area contributed by atoms with Gasteiger partial charge in [-0.05, 0) is 42.3 Å². The number of halogens is 3. The number of hydrogen-bond donors (Lipinski definition) is 1. The molecule has 0 spiro atoms. The van der Waals surface area contributed by atoms with Crippen molar-refractivity contribution in [3.05, 3.63) is 89.6 Å². The molecule has 0 atom stereocenters. The Hall–Kier alpha value is -4.27. The number of imide groups is 1. The van der Waals surface area contributed by atoms with Gasteiger partial charge in [0.25, 0.3) is 11.8 Å². The highest BCUT2D eigenvalue weighted by Crippen LogP contribution is 2.38. The highest BCUT2D eigenvalue weighted by molar-refractivity contribution is 6.46. The van der Waals surface area contributed by atoms with Gasteiger partial charge in [-0.15, -0.1) is 13.2 Å². The molecule has 0 fully saturated rings. The molecular weight excluding hydrogens is 449 g/mol. The molecule has 0 saturated heterocycles. The minimum Gasteiger partial charge on any atom is -0.495 e. The van der Waals surface area contributed by atoms with Crippen LogP contribution in [0.25, 0.3) is 5.57 Å². The molecule has 0 aromatic heterocycles. The molecule has 0 aliphatic carbocycles. The molecule has 0 unspecified atom stereocenters. The van der Waals surface area contributed by atoms with Crippen molar-refractivity contribution >= 4 is 28.8 Å². The third-order valence-electron chi connectivity index (χ3n) is 5.06. The third kappa shape index (κ3) is 4.59. The fourth-order valence-corrected chi connectivity index (χ4v) is 3.63. The SMILES string of the molecule is COc1ccc(C)cc1N1C(=O)C(Nc2cccc(OC(F)(F)F)c2)=C(c2ccccc2)C1=O. The highest BCUT2D eigenvalue weighted by Gasteiger charge is 2.41. The molecule has 1 heterocycles. The first-order chi connectivity index (χ1) is 16.2. The summed E-state index contributed by atoms with van der Waals surface area (Å²) in [6.45, 7) is 1.81. The number of rotatable bonds is 6. The van der Waals surface area contributed by atoms with Crippen molar-refractivity contribution in [2.24, 2.45) is 0 Å². The van der Waals surface area contributed by atoms with Crippen LogP contribution >= 0.6 is 0 Å². The van der Waals surface area contributed by atoms with Crippen molar-refractivity contribution in [2.75, 3.05) is 17.3 Å². The molecule has 6 nitrogen and oxygen atoms in total. The first-order valence-electron chi connectivity index (χ1n) is 10.1. The van der Waals surface area contributed by atoms with Crippen LogP contribution in [-0.2, 0) is 9.59 Å². The number of benzene rings is 3. The van der Waals surface area contributed by atoms with E-state index in [2.05, 4.69) is 10.1 Å². The Balaban J connectivity index is 1.79. The minimum absolute atomic E-state index is 0.0797. The van der Waals surface area contributed by atoms with Gasteiger partial charge in [-0.1, -0.05) is 42.5 Å². The number of carbonyl (C=O) groups is 2. The fraction of sp³-hybridized carbons (Fsp3) is 0.120. The van der Waals surface area contributed by atoms with E-state index in [1.54, 1.807) is 48.5 Å². The molecule has 0 radical (unpaired) electrons. The van der Waals surface area contributed by atoms with Crippen LogP contribution in [0, 0.1) is 6.92 Å². The van der Waals surface area contributed by atoms with E-state index in [1.807, 2.05) is 6.92 Å². The Morgan fingerprint density at radius 2 is 1.62 bits per heavy atom. The second kappa shape index (κ2) is 8.93. The number of amides is 2. The number of anilines is 2. The van der Waals surface area contributed by atoms with Crippen molar-refractivity contribution in [3.63, 3.8) is 0 Å². The fourth-order valence-electron chi connectivity index (χ4n) is 3.63. The summed E-state index contributed by atoms with van der Waals surface area (Å²) in [5.41, 5.74) is 1.68. The number of nitrogens with one attached hydrogen (secondary N) is 1. The first-order valence-corrected chi connectivity index (χ1v) is 10.1. The molecule has 34 heavy (non-hydrogen) atoms. The van der Waals surface area contributed by atoms with Crippen LogP contribution in [-0.4, -0.2) is 25.3 Å². The van der Waals surface area contributed by atoms with Crippen LogP contribution in [0.3, 0.4) is 0 Å². The van der Waals surface area contributed by atoms with E-state index in [1.165, 1.54) is 19.2 Å². The van der Waals surface area contributed by atoms with E-state index < -0.39 is 23.9 Å². The summed E-state index contributed by atoms with van der Waals surface area (Å²) < 4.78 is 47.3. The van der Waals surface area contributed by atoms with Gasteiger partial charge >= 0.3 is 6.36 Å². The number of hydrogen-bond acceptors (Lipinski definition) is 5. The lowest BCUT2D eigenvalue weighted by Gasteiger charge is -2.19. The summed E-state index contributed by atoms with van der Waals surface area (Å²) in [7, 11) is 1.43. The van der Waals surface area contributed by atoms with Gasteiger partial charge in [-0.25, -0.2) is 4.90 Å². The van der Waals surface area contributed by atoms with Crippen molar-refractivity contribution in [1.29, 1.82) is 0 Å². The van der Waals surface area contributed by atoms with Crippen LogP contribution in [0.4, 0.5) is 24.5 Å². The van der Waals surface area contributed by atoms with Crippen molar-refractivity contribution in [2.45, 2.75) is 13.3 Å². The minimum atomic E-state index is -4.87. The van der Waals surface area contributed by atoms with Gasteiger partial charge in [0.1, 0.15) is 17.2 Å². The standard InChI is InChI=1S/C25H19F3N2O4/c1-15-11-12-20(33-2)19(13-15)30-23(31)21(16-7-4-3-5-8-16)22(24(30)32)29-17-9-6-10-18(14-17)34-25(26,27)28/h3-14,29H,1-2H3. The molecule has 3 aromatic rings. The average molecular weight is 468 g/mol. The largest absolute Gasteiger partial charge is 0.573 e. The van der Waals surface area contributed by atoms with Gasteiger partial charge in [-0.3, -0.25) is 9.59 Å². The molecule has 1 aliphatic rings. The molecule has 3 aromatic carbocycles. The Kier molecular flexibility index (Phi) is 6.02. The van der Waals surface area contributed by atoms with E-state index in [-0.39, 0.29) is 22.6 Å². The van der Waals surface area contributed by atoms with Crippen molar-refractivity contribution in [1.82, 2.24) is 0 Å². The van der Waals surface area contributed by atoms with E-state index in [4.69, 9.17) is 4.74 Å². The molecule has 2 amide bonds. The third-order valence-corrected chi connectivity index (χ3v) is 5.06. The zero-order valence-electron chi connectivity index (χ0n) is 18.1. The second-order valence-electron chi connectivity index (χ2n) is 7.44. The molecule has 174 valence electrons. The zero-order valence-corrected chi connectivity index (χ0v) is 18.1. The van der Waals surface area contributed by atoms with Gasteiger partial charge in [-0.2, -0.15) is 0 Å². The van der Waals surface area contributed by atoms with Crippen LogP contribution in [0.2, 0.25) is 0 Å². The number of nitrogens with zero attached hydrogens (tertiary/aromatic N) is 1. The van der Waals surface area contributed by atoms with Gasteiger partial charge in [0.05, 0.1) is 18.4 Å².